The molecule has 0 bridgehead atoms. The molecule has 0 aliphatic rings. The first-order chi connectivity index (χ1) is 8.88. The van der Waals surface area contributed by atoms with Gasteiger partial charge in [0.15, 0.2) is 6.10 Å². The standard InChI is InChI=1S/C12H18N2O4S/c1-7(5-9-4-3-8(2)19-9)14-12(18)13-6-10(15)11(16)17/h3-4,7,10,15H,5-6H2,1-2H3,(H,16,17)(H2,13,14,18)/t7?,10-/m0/s1. The fourth-order valence-electron chi connectivity index (χ4n) is 1.50. The van der Waals surface area contributed by atoms with Gasteiger partial charge in [0.25, 0.3) is 0 Å². The van der Waals surface area contributed by atoms with E-state index in [1.165, 1.54) is 9.75 Å². The number of aliphatic hydroxyl groups is 1. The maximum atomic E-state index is 11.5. The quantitative estimate of drug-likeness (QED) is 0.619. The van der Waals surface area contributed by atoms with Crippen molar-refractivity contribution >= 4 is 23.3 Å². The van der Waals surface area contributed by atoms with Crippen molar-refractivity contribution in [1.29, 1.82) is 0 Å². The van der Waals surface area contributed by atoms with Gasteiger partial charge in [-0.2, -0.15) is 0 Å². The average molecular weight is 286 g/mol. The SMILES string of the molecule is Cc1ccc(CC(C)NC(=O)NC[C@H](O)C(=O)O)s1. The second kappa shape index (κ2) is 7.10. The molecular weight excluding hydrogens is 268 g/mol. The summed E-state index contributed by atoms with van der Waals surface area (Å²) in [5, 5.41) is 22.5. The molecule has 1 rings (SSSR count). The first-order valence-corrected chi connectivity index (χ1v) is 6.70. The van der Waals surface area contributed by atoms with Crippen LogP contribution in [-0.4, -0.2) is 40.9 Å². The van der Waals surface area contributed by atoms with E-state index in [2.05, 4.69) is 10.6 Å². The number of carboxylic acid groups (broad SMARTS) is 1. The molecule has 4 N–H and O–H groups in total. The summed E-state index contributed by atoms with van der Waals surface area (Å²) in [7, 11) is 0. The molecule has 1 aromatic heterocycles. The van der Waals surface area contributed by atoms with Crippen molar-refractivity contribution in [1.82, 2.24) is 10.6 Å². The summed E-state index contributed by atoms with van der Waals surface area (Å²) in [5.74, 6) is -1.36. The molecule has 1 heterocycles. The Hall–Kier alpha value is -1.60. The van der Waals surface area contributed by atoms with E-state index in [-0.39, 0.29) is 12.6 Å². The summed E-state index contributed by atoms with van der Waals surface area (Å²) in [6.07, 6.45) is -0.867. The smallest absolute Gasteiger partial charge is 0.334 e. The van der Waals surface area contributed by atoms with Crippen molar-refractivity contribution in [2.45, 2.75) is 32.4 Å². The molecule has 0 aliphatic carbocycles. The summed E-state index contributed by atoms with van der Waals surface area (Å²) in [4.78, 5) is 24.2. The largest absolute Gasteiger partial charge is 0.479 e. The van der Waals surface area contributed by atoms with Gasteiger partial charge in [0, 0.05) is 22.2 Å². The molecule has 7 heteroatoms. The van der Waals surface area contributed by atoms with Gasteiger partial charge in [0.1, 0.15) is 0 Å². The van der Waals surface area contributed by atoms with Gasteiger partial charge in [-0.15, -0.1) is 11.3 Å². The number of carbonyl (C=O) groups excluding carboxylic acids is 1. The predicted octanol–water partition coefficient (Wildman–Crippen LogP) is 0.732. The highest BCUT2D eigenvalue weighted by Crippen LogP contribution is 2.16. The number of nitrogens with one attached hydrogen (secondary N) is 2. The molecule has 106 valence electrons. The summed E-state index contributed by atoms with van der Waals surface area (Å²) >= 11 is 1.68. The number of carboxylic acids is 1. The number of hydrogen-bond acceptors (Lipinski definition) is 4. The number of rotatable bonds is 6. The maximum absolute atomic E-state index is 11.5. The summed E-state index contributed by atoms with van der Waals surface area (Å²) in [5.41, 5.74) is 0. The van der Waals surface area contributed by atoms with Gasteiger partial charge in [-0.25, -0.2) is 9.59 Å². The second-order valence-electron chi connectivity index (χ2n) is 4.33. The molecule has 0 spiro atoms. The highest BCUT2D eigenvalue weighted by molar-refractivity contribution is 7.11. The lowest BCUT2D eigenvalue weighted by atomic mass is 10.2. The lowest BCUT2D eigenvalue weighted by Crippen LogP contribution is -2.45. The van der Waals surface area contributed by atoms with Crippen LogP contribution in [-0.2, 0) is 11.2 Å². The van der Waals surface area contributed by atoms with Crippen molar-refractivity contribution in [2.75, 3.05) is 6.54 Å². The molecule has 19 heavy (non-hydrogen) atoms. The Bertz CT molecular complexity index is 447. The molecular formula is C12H18N2O4S. The fraction of sp³-hybridized carbons (Fsp3) is 0.500. The molecule has 2 atom stereocenters. The second-order valence-corrected chi connectivity index (χ2v) is 5.70. The fourth-order valence-corrected chi connectivity index (χ4v) is 2.52. The molecule has 0 saturated carbocycles. The van der Waals surface area contributed by atoms with Crippen molar-refractivity contribution in [2.24, 2.45) is 0 Å². The van der Waals surface area contributed by atoms with E-state index in [0.717, 1.165) is 0 Å². The van der Waals surface area contributed by atoms with E-state index in [1.54, 1.807) is 11.3 Å². The van der Waals surface area contributed by atoms with Gasteiger partial charge < -0.3 is 20.8 Å². The first kappa shape index (κ1) is 15.5. The zero-order valence-corrected chi connectivity index (χ0v) is 11.7. The number of carbonyl (C=O) groups is 2. The Morgan fingerprint density at radius 3 is 2.63 bits per heavy atom. The highest BCUT2D eigenvalue weighted by atomic mass is 32.1. The van der Waals surface area contributed by atoms with Crippen LogP contribution >= 0.6 is 11.3 Å². The normalized spacial score (nSPS) is 13.6. The van der Waals surface area contributed by atoms with Crippen molar-refractivity contribution in [3.8, 4) is 0 Å². The van der Waals surface area contributed by atoms with Gasteiger partial charge in [-0.3, -0.25) is 0 Å². The predicted molar refractivity (Wildman–Crippen MR) is 72.4 cm³/mol. The Labute approximate surface area is 115 Å². The van der Waals surface area contributed by atoms with Crippen LogP contribution in [0.4, 0.5) is 4.79 Å². The average Bonchev–Trinajstić information content (AvgIpc) is 2.71. The van der Waals surface area contributed by atoms with E-state index >= 15 is 0 Å². The number of aliphatic hydroxyl groups excluding tert-OH is 1. The van der Waals surface area contributed by atoms with Crippen LogP contribution in [0.5, 0.6) is 0 Å². The number of thiophene rings is 1. The minimum Gasteiger partial charge on any atom is -0.479 e. The van der Waals surface area contributed by atoms with Gasteiger partial charge >= 0.3 is 12.0 Å². The third-order valence-corrected chi connectivity index (χ3v) is 3.44. The summed E-state index contributed by atoms with van der Waals surface area (Å²) < 4.78 is 0. The lowest BCUT2D eigenvalue weighted by Gasteiger charge is -2.14. The van der Waals surface area contributed by atoms with E-state index in [4.69, 9.17) is 10.2 Å². The molecule has 2 amide bonds. The number of aliphatic carboxylic acids is 1. The van der Waals surface area contributed by atoms with Crippen LogP contribution in [0.3, 0.4) is 0 Å². The zero-order chi connectivity index (χ0) is 14.4. The van der Waals surface area contributed by atoms with Gasteiger partial charge in [0.05, 0.1) is 6.54 Å². The van der Waals surface area contributed by atoms with Crippen LogP contribution in [0.15, 0.2) is 12.1 Å². The van der Waals surface area contributed by atoms with Crippen LogP contribution in [0.25, 0.3) is 0 Å². The van der Waals surface area contributed by atoms with E-state index < -0.39 is 18.1 Å². The van der Waals surface area contributed by atoms with Crippen LogP contribution in [0, 0.1) is 6.92 Å². The lowest BCUT2D eigenvalue weighted by molar-refractivity contribution is -0.146. The third-order valence-electron chi connectivity index (χ3n) is 2.42. The van der Waals surface area contributed by atoms with Gasteiger partial charge in [0.2, 0.25) is 0 Å². The number of aryl methyl sites for hydroxylation is 1. The first-order valence-electron chi connectivity index (χ1n) is 5.89. The van der Waals surface area contributed by atoms with Crippen molar-refractivity contribution < 1.29 is 19.8 Å². The Kier molecular flexibility index (Phi) is 5.78. The zero-order valence-electron chi connectivity index (χ0n) is 10.8. The molecule has 0 radical (unpaired) electrons. The van der Waals surface area contributed by atoms with Crippen LogP contribution < -0.4 is 10.6 Å². The summed E-state index contributed by atoms with van der Waals surface area (Å²) in [6.45, 7) is 3.57. The van der Waals surface area contributed by atoms with Crippen LogP contribution in [0.2, 0.25) is 0 Å². The molecule has 1 aromatic rings. The topological polar surface area (TPSA) is 98.7 Å². The Balaban J connectivity index is 2.30. The van der Waals surface area contributed by atoms with Crippen molar-refractivity contribution in [3.05, 3.63) is 21.9 Å². The van der Waals surface area contributed by atoms with Crippen molar-refractivity contribution in [3.63, 3.8) is 0 Å². The molecule has 0 fully saturated rings. The highest BCUT2D eigenvalue weighted by Gasteiger charge is 2.15. The number of urea groups is 1. The monoisotopic (exact) mass is 286 g/mol. The Morgan fingerprint density at radius 2 is 2.11 bits per heavy atom. The molecule has 0 saturated heterocycles. The van der Waals surface area contributed by atoms with E-state index in [1.807, 2.05) is 26.0 Å². The maximum Gasteiger partial charge on any atom is 0.334 e. The molecule has 1 unspecified atom stereocenters. The van der Waals surface area contributed by atoms with Gasteiger partial charge in [-0.1, -0.05) is 0 Å². The van der Waals surface area contributed by atoms with E-state index in [0.29, 0.717) is 6.42 Å². The molecule has 6 nitrogen and oxygen atoms in total. The molecule has 0 aliphatic heterocycles. The third kappa shape index (κ3) is 5.71. The van der Waals surface area contributed by atoms with Gasteiger partial charge in [-0.05, 0) is 26.0 Å². The van der Waals surface area contributed by atoms with Crippen LogP contribution in [0.1, 0.15) is 16.7 Å². The minimum atomic E-state index is -1.58. The number of amides is 2. The minimum absolute atomic E-state index is 0.0694. The van der Waals surface area contributed by atoms with E-state index in [9.17, 15) is 9.59 Å². The number of hydrogen-bond donors (Lipinski definition) is 4. The Morgan fingerprint density at radius 1 is 1.42 bits per heavy atom. The molecule has 0 aromatic carbocycles. The summed E-state index contributed by atoms with van der Waals surface area (Å²) in [6, 6.07) is 3.49.